The standard InChI is InChI=1S/C15H18N4O4S2/c1-23-11-5-3-4-10(8-11)16-14(20)18-15-17-12-6-7-19(25(2,21)22)9-13(12)24-15/h3-5,8H,6-7,9H2,1-2H3,(H2,16,17,18,20). The van der Waals surface area contributed by atoms with Crippen LogP contribution in [0, 0.1) is 0 Å². The predicted octanol–water partition coefficient (Wildman–Crippen LogP) is 2.11. The molecule has 0 radical (unpaired) electrons. The Morgan fingerprint density at radius 3 is 2.88 bits per heavy atom. The summed E-state index contributed by atoms with van der Waals surface area (Å²) < 4.78 is 29.8. The molecule has 0 saturated heterocycles. The maximum Gasteiger partial charge on any atom is 0.325 e. The first-order valence-electron chi connectivity index (χ1n) is 7.51. The number of anilines is 2. The predicted molar refractivity (Wildman–Crippen MR) is 96.7 cm³/mol. The van der Waals surface area contributed by atoms with Crippen LogP contribution in [0.2, 0.25) is 0 Å². The van der Waals surface area contributed by atoms with Gasteiger partial charge in [-0.05, 0) is 12.1 Å². The highest BCUT2D eigenvalue weighted by Gasteiger charge is 2.26. The Labute approximate surface area is 149 Å². The molecule has 2 heterocycles. The number of ether oxygens (including phenoxy) is 1. The number of thiazole rings is 1. The quantitative estimate of drug-likeness (QED) is 0.843. The lowest BCUT2D eigenvalue weighted by Gasteiger charge is -2.23. The van der Waals surface area contributed by atoms with Crippen molar-refractivity contribution in [3.05, 3.63) is 34.8 Å². The van der Waals surface area contributed by atoms with Gasteiger partial charge in [0.2, 0.25) is 10.0 Å². The van der Waals surface area contributed by atoms with Gasteiger partial charge < -0.3 is 10.1 Å². The molecule has 0 saturated carbocycles. The summed E-state index contributed by atoms with van der Waals surface area (Å²) in [5, 5.41) is 5.84. The van der Waals surface area contributed by atoms with E-state index in [1.165, 1.54) is 21.9 Å². The second-order valence-electron chi connectivity index (χ2n) is 5.55. The maximum atomic E-state index is 12.1. The van der Waals surface area contributed by atoms with E-state index in [1.54, 1.807) is 31.4 Å². The molecule has 3 rings (SSSR count). The molecule has 2 aromatic rings. The molecule has 0 aliphatic carbocycles. The molecule has 0 spiro atoms. The SMILES string of the molecule is COc1cccc(NC(=O)Nc2nc3c(s2)CN(S(C)(=O)=O)CC3)c1. The van der Waals surface area contributed by atoms with Crippen molar-refractivity contribution < 1.29 is 17.9 Å². The largest absolute Gasteiger partial charge is 0.497 e. The molecule has 134 valence electrons. The fourth-order valence-corrected chi connectivity index (χ4v) is 4.36. The van der Waals surface area contributed by atoms with Gasteiger partial charge in [0, 0.05) is 36.1 Å². The van der Waals surface area contributed by atoms with Gasteiger partial charge in [0.25, 0.3) is 0 Å². The average Bonchev–Trinajstić information content (AvgIpc) is 2.95. The van der Waals surface area contributed by atoms with Crippen LogP contribution in [0.4, 0.5) is 15.6 Å². The smallest absolute Gasteiger partial charge is 0.325 e. The van der Waals surface area contributed by atoms with E-state index in [-0.39, 0.29) is 0 Å². The Hall–Kier alpha value is -2.17. The van der Waals surface area contributed by atoms with Crippen LogP contribution in [-0.2, 0) is 23.0 Å². The Morgan fingerprint density at radius 2 is 2.16 bits per heavy atom. The first kappa shape index (κ1) is 17.6. The fourth-order valence-electron chi connectivity index (χ4n) is 2.47. The van der Waals surface area contributed by atoms with Crippen LogP contribution < -0.4 is 15.4 Å². The number of hydrogen-bond donors (Lipinski definition) is 2. The van der Waals surface area contributed by atoms with Crippen molar-refractivity contribution in [2.24, 2.45) is 0 Å². The zero-order valence-electron chi connectivity index (χ0n) is 13.8. The number of benzene rings is 1. The second kappa shape index (κ2) is 6.98. The number of hydrogen-bond acceptors (Lipinski definition) is 6. The molecule has 0 bridgehead atoms. The first-order valence-corrected chi connectivity index (χ1v) is 10.2. The van der Waals surface area contributed by atoms with E-state index in [0.717, 1.165) is 10.6 Å². The lowest BCUT2D eigenvalue weighted by Crippen LogP contribution is -2.34. The number of aromatic nitrogens is 1. The molecule has 2 amide bonds. The number of amides is 2. The van der Waals surface area contributed by atoms with E-state index in [4.69, 9.17) is 4.74 Å². The van der Waals surface area contributed by atoms with E-state index < -0.39 is 16.1 Å². The monoisotopic (exact) mass is 382 g/mol. The van der Waals surface area contributed by atoms with Crippen molar-refractivity contribution in [1.29, 1.82) is 0 Å². The summed E-state index contributed by atoms with van der Waals surface area (Å²) in [7, 11) is -1.67. The summed E-state index contributed by atoms with van der Waals surface area (Å²) in [6, 6.07) is 6.59. The maximum absolute atomic E-state index is 12.1. The van der Waals surface area contributed by atoms with Gasteiger partial charge in [-0.15, -0.1) is 0 Å². The van der Waals surface area contributed by atoms with Crippen molar-refractivity contribution in [3.8, 4) is 5.75 Å². The van der Waals surface area contributed by atoms with E-state index in [9.17, 15) is 13.2 Å². The number of nitrogens with one attached hydrogen (secondary N) is 2. The van der Waals surface area contributed by atoms with E-state index in [0.29, 0.717) is 36.1 Å². The highest BCUT2D eigenvalue weighted by atomic mass is 32.2. The van der Waals surface area contributed by atoms with Crippen LogP contribution in [-0.4, -0.2) is 43.6 Å². The van der Waals surface area contributed by atoms with Crippen LogP contribution in [0.25, 0.3) is 0 Å². The molecule has 1 aliphatic heterocycles. The van der Waals surface area contributed by atoms with E-state index in [2.05, 4.69) is 15.6 Å². The minimum Gasteiger partial charge on any atom is -0.497 e. The van der Waals surface area contributed by atoms with Crippen molar-refractivity contribution in [2.75, 3.05) is 30.5 Å². The first-order chi connectivity index (χ1) is 11.8. The van der Waals surface area contributed by atoms with Gasteiger partial charge in [0.1, 0.15) is 5.75 Å². The Morgan fingerprint density at radius 1 is 1.36 bits per heavy atom. The summed E-state index contributed by atoms with van der Waals surface area (Å²) >= 11 is 1.29. The summed E-state index contributed by atoms with van der Waals surface area (Å²) in [6.45, 7) is 0.704. The van der Waals surface area contributed by atoms with Gasteiger partial charge >= 0.3 is 6.03 Å². The number of nitrogens with zero attached hydrogens (tertiary/aromatic N) is 2. The van der Waals surface area contributed by atoms with Crippen molar-refractivity contribution in [2.45, 2.75) is 13.0 Å². The summed E-state index contributed by atoms with van der Waals surface area (Å²) in [5.41, 5.74) is 1.43. The number of carbonyl (C=O) groups is 1. The highest BCUT2D eigenvalue weighted by molar-refractivity contribution is 7.88. The molecular formula is C15H18N4O4S2. The highest BCUT2D eigenvalue weighted by Crippen LogP contribution is 2.29. The lowest BCUT2D eigenvalue weighted by atomic mass is 10.2. The Balaban J connectivity index is 1.66. The zero-order valence-corrected chi connectivity index (χ0v) is 15.4. The van der Waals surface area contributed by atoms with Crippen LogP contribution in [0.15, 0.2) is 24.3 Å². The molecule has 1 aromatic carbocycles. The molecule has 1 aromatic heterocycles. The Kier molecular flexibility index (Phi) is 4.93. The molecule has 0 unspecified atom stereocenters. The third-order valence-corrected chi connectivity index (χ3v) is 5.96. The zero-order chi connectivity index (χ0) is 18.0. The van der Waals surface area contributed by atoms with Gasteiger partial charge in [-0.3, -0.25) is 5.32 Å². The van der Waals surface area contributed by atoms with Crippen LogP contribution in [0.3, 0.4) is 0 Å². The number of carbonyl (C=O) groups excluding carboxylic acids is 1. The number of methoxy groups -OCH3 is 1. The Bertz CT molecular complexity index is 895. The van der Waals surface area contributed by atoms with Crippen molar-refractivity contribution in [3.63, 3.8) is 0 Å². The number of fused-ring (bicyclic) bond motifs is 1. The molecule has 10 heteroatoms. The van der Waals surface area contributed by atoms with Crippen molar-refractivity contribution in [1.82, 2.24) is 9.29 Å². The molecule has 8 nitrogen and oxygen atoms in total. The summed E-state index contributed by atoms with van der Waals surface area (Å²) in [6.07, 6.45) is 1.73. The fraction of sp³-hybridized carbons (Fsp3) is 0.333. The van der Waals surface area contributed by atoms with E-state index in [1.807, 2.05) is 0 Å². The van der Waals surface area contributed by atoms with Gasteiger partial charge in [-0.25, -0.2) is 18.2 Å². The lowest BCUT2D eigenvalue weighted by molar-refractivity contribution is 0.262. The number of urea groups is 1. The topological polar surface area (TPSA) is 101 Å². The van der Waals surface area contributed by atoms with Crippen LogP contribution in [0.5, 0.6) is 5.75 Å². The number of sulfonamides is 1. The van der Waals surface area contributed by atoms with Crippen LogP contribution in [0.1, 0.15) is 10.6 Å². The van der Waals surface area contributed by atoms with Gasteiger partial charge in [-0.1, -0.05) is 17.4 Å². The second-order valence-corrected chi connectivity index (χ2v) is 8.61. The number of rotatable bonds is 4. The normalized spacial score (nSPS) is 14.6. The average molecular weight is 382 g/mol. The summed E-state index contributed by atoms with van der Waals surface area (Å²) in [5.74, 6) is 0.642. The van der Waals surface area contributed by atoms with Gasteiger partial charge in [0.05, 0.1) is 19.1 Å². The van der Waals surface area contributed by atoms with Crippen LogP contribution >= 0.6 is 11.3 Å². The molecule has 2 N–H and O–H groups in total. The molecule has 1 aliphatic rings. The minimum absolute atomic E-state index is 0.297. The van der Waals surface area contributed by atoms with Crippen molar-refractivity contribution >= 4 is 38.2 Å². The van der Waals surface area contributed by atoms with E-state index >= 15 is 0 Å². The molecular weight excluding hydrogens is 364 g/mol. The molecule has 25 heavy (non-hydrogen) atoms. The third kappa shape index (κ3) is 4.27. The van der Waals surface area contributed by atoms with Gasteiger partial charge in [0.15, 0.2) is 5.13 Å². The van der Waals surface area contributed by atoms with Gasteiger partial charge in [-0.2, -0.15) is 4.31 Å². The third-order valence-electron chi connectivity index (χ3n) is 3.71. The minimum atomic E-state index is -3.23. The summed E-state index contributed by atoms with van der Waals surface area (Å²) in [4.78, 5) is 17.4. The molecule has 0 atom stereocenters. The molecule has 0 fully saturated rings.